The number of nitrogens with one attached hydrogen (secondary N) is 1. The van der Waals surface area contributed by atoms with Gasteiger partial charge in [-0.3, -0.25) is 0 Å². The number of benzene rings is 1. The van der Waals surface area contributed by atoms with E-state index < -0.39 is 17.7 Å². The van der Waals surface area contributed by atoms with E-state index in [2.05, 4.69) is 5.32 Å². The Morgan fingerprint density at radius 1 is 1.45 bits per heavy atom. The Morgan fingerprint density at radius 3 is 2.60 bits per heavy atom. The van der Waals surface area contributed by atoms with Crippen LogP contribution in [0.3, 0.4) is 0 Å². The number of carbonyl (C=O) groups is 1. The van der Waals surface area contributed by atoms with Crippen molar-refractivity contribution in [3.8, 4) is 0 Å². The zero-order valence-corrected chi connectivity index (χ0v) is 10.9. The number of esters is 1. The van der Waals surface area contributed by atoms with Crippen LogP contribution in [0.1, 0.15) is 30.1 Å². The molecular formula is C13H15F3N2O2. The molecule has 1 fully saturated rings. The van der Waals surface area contributed by atoms with E-state index in [-0.39, 0.29) is 36.4 Å². The molecule has 4 nitrogen and oxygen atoms in total. The van der Waals surface area contributed by atoms with Crippen molar-refractivity contribution in [1.29, 1.82) is 0 Å². The van der Waals surface area contributed by atoms with Gasteiger partial charge in [-0.15, -0.1) is 0 Å². The number of hydrogen-bond donors (Lipinski definition) is 2. The van der Waals surface area contributed by atoms with E-state index in [1.54, 1.807) is 6.92 Å². The van der Waals surface area contributed by atoms with Gasteiger partial charge in [0.2, 0.25) is 0 Å². The molecule has 0 atom stereocenters. The summed E-state index contributed by atoms with van der Waals surface area (Å²) in [5.74, 6) is -0.590. The maximum atomic E-state index is 12.9. The van der Waals surface area contributed by atoms with Crippen LogP contribution in [-0.4, -0.2) is 24.3 Å². The van der Waals surface area contributed by atoms with E-state index in [4.69, 9.17) is 10.5 Å². The fraction of sp³-hybridized carbons (Fsp3) is 0.462. The number of anilines is 2. The standard InChI is InChI=1S/C13H15F3N2O2/c1-2-20-11(19)8-3-4-9(17)10(7-8)18-12(5-6-12)13(14,15)16/h3-4,7,18H,2,5-6,17H2,1H3. The molecule has 7 heteroatoms. The van der Waals surface area contributed by atoms with Crippen LogP contribution in [0.4, 0.5) is 24.5 Å². The lowest BCUT2D eigenvalue weighted by molar-refractivity contribution is -0.151. The molecule has 2 rings (SSSR count). The fourth-order valence-electron chi connectivity index (χ4n) is 1.87. The van der Waals surface area contributed by atoms with E-state index in [0.29, 0.717) is 0 Å². The van der Waals surface area contributed by atoms with E-state index >= 15 is 0 Å². The molecule has 1 aliphatic carbocycles. The molecule has 0 aliphatic heterocycles. The molecule has 0 bridgehead atoms. The molecule has 0 heterocycles. The molecular weight excluding hydrogens is 273 g/mol. The average Bonchev–Trinajstić information content (AvgIpc) is 3.12. The zero-order valence-electron chi connectivity index (χ0n) is 10.9. The molecule has 3 N–H and O–H groups in total. The molecule has 110 valence electrons. The van der Waals surface area contributed by atoms with Crippen molar-refractivity contribution >= 4 is 17.3 Å². The van der Waals surface area contributed by atoms with E-state index in [9.17, 15) is 18.0 Å². The summed E-state index contributed by atoms with van der Waals surface area (Å²) in [7, 11) is 0. The summed E-state index contributed by atoms with van der Waals surface area (Å²) in [5, 5.41) is 2.42. The molecule has 0 spiro atoms. The van der Waals surface area contributed by atoms with Crippen LogP contribution in [0.25, 0.3) is 0 Å². The molecule has 0 unspecified atom stereocenters. The monoisotopic (exact) mass is 288 g/mol. The first kappa shape index (κ1) is 14.5. The maximum absolute atomic E-state index is 12.9. The topological polar surface area (TPSA) is 64.3 Å². The van der Waals surface area contributed by atoms with Crippen LogP contribution in [-0.2, 0) is 4.74 Å². The molecule has 1 aromatic rings. The first-order chi connectivity index (χ1) is 9.29. The first-order valence-corrected chi connectivity index (χ1v) is 6.20. The Morgan fingerprint density at radius 2 is 2.10 bits per heavy atom. The van der Waals surface area contributed by atoms with Crippen molar-refractivity contribution in [3.63, 3.8) is 0 Å². The van der Waals surface area contributed by atoms with Crippen LogP contribution in [0, 0.1) is 0 Å². The van der Waals surface area contributed by atoms with Crippen molar-refractivity contribution in [2.75, 3.05) is 17.7 Å². The summed E-state index contributed by atoms with van der Waals surface area (Å²) in [4.78, 5) is 11.6. The van der Waals surface area contributed by atoms with Gasteiger partial charge in [0.1, 0.15) is 5.54 Å². The van der Waals surface area contributed by atoms with Crippen molar-refractivity contribution in [3.05, 3.63) is 23.8 Å². The van der Waals surface area contributed by atoms with Gasteiger partial charge in [-0.25, -0.2) is 4.79 Å². The quantitative estimate of drug-likeness (QED) is 0.660. The second-order valence-corrected chi connectivity index (χ2v) is 4.73. The number of ether oxygens (including phenoxy) is 1. The predicted octanol–water partition coefficient (Wildman–Crippen LogP) is 2.95. The third kappa shape index (κ3) is 2.66. The number of hydrogen-bond acceptors (Lipinski definition) is 4. The number of carbonyl (C=O) groups excluding carboxylic acids is 1. The normalized spacial score (nSPS) is 16.6. The van der Waals surface area contributed by atoms with Gasteiger partial charge in [0, 0.05) is 0 Å². The molecule has 1 aromatic carbocycles. The van der Waals surface area contributed by atoms with Crippen LogP contribution < -0.4 is 11.1 Å². The van der Waals surface area contributed by atoms with Gasteiger partial charge in [-0.1, -0.05) is 0 Å². The maximum Gasteiger partial charge on any atom is 0.411 e. The van der Waals surface area contributed by atoms with Crippen LogP contribution in [0.2, 0.25) is 0 Å². The minimum absolute atomic E-state index is 0.000423. The highest BCUT2D eigenvalue weighted by atomic mass is 19.4. The van der Waals surface area contributed by atoms with Gasteiger partial charge in [-0.05, 0) is 38.0 Å². The summed E-state index contributed by atoms with van der Waals surface area (Å²) >= 11 is 0. The fourth-order valence-corrected chi connectivity index (χ4v) is 1.87. The summed E-state index contributed by atoms with van der Waals surface area (Å²) in [6, 6.07) is 4.10. The number of nitrogen functional groups attached to an aromatic ring is 1. The minimum atomic E-state index is -4.35. The SMILES string of the molecule is CCOC(=O)c1ccc(N)c(NC2(C(F)(F)F)CC2)c1. The number of halogens is 3. The summed E-state index contributed by atoms with van der Waals surface area (Å²) in [6.07, 6.45) is -4.35. The molecule has 0 saturated heterocycles. The second-order valence-electron chi connectivity index (χ2n) is 4.73. The predicted molar refractivity (Wildman–Crippen MR) is 68.5 cm³/mol. The van der Waals surface area contributed by atoms with Gasteiger partial charge in [0.15, 0.2) is 0 Å². The number of nitrogens with two attached hydrogens (primary N) is 1. The van der Waals surface area contributed by atoms with Crippen molar-refractivity contribution in [2.24, 2.45) is 0 Å². The molecule has 1 saturated carbocycles. The largest absolute Gasteiger partial charge is 0.462 e. The molecule has 0 aromatic heterocycles. The van der Waals surface area contributed by atoms with Gasteiger partial charge in [0.25, 0.3) is 0 Å². The minimum Gasteiger partial charge on any atom is -0.462 e. The van der Waals surface area contributed by atoms with Crippen molar-refractivity contribution in [2.45, 2.75) is 31.5 Å². The lowest BCUT2D eigenvalue weighted by atomic mass is 10.1. The average molecular weight is 288 g/mol. The first-order valence-electron chi connectivity index (χ1n) is 6.20. The summed E-state index contributed by atoms with van der Waals surface area (Å²) in [5.41, 5.74) is 4.17. The zero-order chi connectivity index (χ0) is 15.0. The van der Waals surface area contributed by atoms with Gasteiger partial charge in [-0.2, -0.15) is 13.2 Å². The Kier molecular flexibility index (Phi) is 3.54. The third-order valence-electron chi connectivity index (χ3n) is 3.23. The van der Waals surface area contributed by atoms with E-state index in [0.717, 1.165) is 0 Å². The molecule has 0 radical (unpaired) electrons. The Hall–Kier alpha value is -1.92. The number of alkyl halides is 3. The van der Waals surface area contributed by atoms with E-state index in [1.807, 2.05) is 0 Å². The Balaban J connectivity index is 2.24. The summed E-state index contributed by atoms with van der Waals surface area (Å²) in [6.45, 7) is 1.84. The van der Waals surface area contributed by atoms with Gasteiger partial charge < -0.3 is 15.8 Å². The molecule has 1 aliphatic rings. The lowest BCUT2D eigenvalue weighted by Gasteiger charge is -2.23. The second kappa shape index (κ2) is 4.88. The van der Waals surface area contributed by atoms with E-state index in [1.165, 1.54) is 18.2 Å². The lowest BCUT2D eigenvalue weighted by Crippen LogP contribution is -2.38. The Bertz CT molecular complexity index is 525. The molecule has 0 amide bonds. The highest BCUT2D eigenvalue weighted by Gasteiger charge is 2.63. The molecule has 20 heavy (non-hydrogen) atoms. The highest BCUT2D eigenvalue weighted by Crippen LogP contribution is 2.51. The van der Waals surface area contributed by atoms with Crippen LogP contribution in [0.15, 0.2) is 18.2 Å². The smallest absolute Gasteiger partial charge is 0.411 e. The van der Waals surface area contributed by atoms with Crippen molar-refractivity contribution in [1.82, 2.24) is 0 Å². The third-order valence-corrected chi connectivity index (χ3v) is 3.23. The van der Waals surface area contributed by atoms with Crippen molar-refractivity contribution < 1.29 is 22.7 Å². The van der Waals surface area contributed by atoms with Crippen LogP contribution >= 0.6 is 0 Å². The van der Waals surface area contributed by atoms with Crippen LogP contribution in [0.5, 0.6) is 0 Å². The highest BCUT2D eigenvalue weighted by molar-refractivity contribution is 5.92. The van der Waals surface area contributed by atoms with Gasteiger partial charge in [0.05, 0.1) is 23.5 Å². The summed E-state index contributed by atoms with van der Waals surface area (Å²) < 4.78 is 43.5. The van der Waals surface area contributed by atoms with Gasteiger partial charge >= 0.3 is 12.1 Å². The Labute approximate surface area is 114 Å². The number of rotatable bonds is 4.